The van der Waals surface area contributed by atoms with E-state index in [1.165, 1.54) is 0 Å². The molecular formula is C19H32N2O4. The molecule has 0 aromatic carbocycles. The summed E-state index contributed by atoms with van der Waals surface area (Å²) in [4.78, 5) is 24.8. The van der Waals surface area contributed by atoms with Gasteiger partial charge in [0.1, 0.15) is 0 Å². The summed E-state index contributed by atoms with van der Waals surface area (Å²) in [5.74, 6) is -0.0511. The Morgan fingerprint density at radius 3 is 2.84 bits per heavy atom. The molecule has 0 aromatic rings. The second-order valence-electron chi connectivity index (χ2n) is 8.72. The second-order valence-corrected chi connectivity index (χ2v) is 8.72. The van der Waals surface area contributed by atoms with Crippen molar-refractivity contribution >= 4 is 11.8 Å². The lowest BCUT2D eigenvalue weighted by Gasteiger charge is -2.45. The van der Waals surface area contributed by atoms with E-state index >= 15 is 0 Å². The number of hydrogen-bond acceptors (Lipinski definition) is 4. The summed E-state index contributed by atoms with van der Waals surface area (Å²) >= 11 is 0. The van der Waals surface area contributed by atoms with Gasteiger partial charge in [-0.1, -0.05) is 26.7 Å². The Kier molecular flexibility index (Phi) is 5.40. The summed E-state index contributed by atoms with van der Waals surface area (Å²) in [5, 5.41) is 17.0. The van der Waals surface area contributed by atoms with Crippen molar-refractivity contribution in [1.29, 1.82) is 0 Å². The minimum absolute atomic E-state index is 0.0122. The lowest BCUT2D eigenvalue weighted by atomic mass is 9.70. The van der Waals surface area contributed by atoms with Crippen LogP contribution in [0.4, 0.5) is 0 Å². The topological polar surface area (TPSA) is 87.7 Å². The van der Waals surface area contributed by atoms with Crippen LogP contribution in [0.5, 0.6) is 0 Å². The van der Waals surface area contributed by atoms with Gasteiger partial charge in [0.15, 0.2) is 0 Å². The van der Waals surface area contributed by atoms with Crippen LogP contribution in [0.3, 0.4) is 0 Å². The smallest absolute Gasteiger partial charge is 0.224 e. The van der Waals surface area contributed by atoms with E-state index in [0.717, 1.165) is 32.1 Å². The number of fused-ring (bicyclic) bond motifs is 1. The highest BCUT2D eigenvalue weighted by atomic mass is 16.5. The highest BCUT2D eigenvalue weighted by molar-refractivity contribution is 5.87. The van der Waals surface area contributed by atoms with E-state index < -0.39 is 11.0 Å². The predicted molar refractivity (Wildman–Crippen MR) is 93.8 cm³/mol. The molecule has 25 heavy (non-hydrogen) atoms. The van der Waals surface area contributed by atoms with E-state index in [0.29, 0.717) is 26.2 Å². The van der Waals surface area contributed by atoms with Gasteiger partial charge in [-0.15, -0.1) is 0 Å². The average Bonchev–Trinajstić information content (AvgIpc) is 2.59. The van der Waals surface area contributed by atoms with Gasteiger partial charge >= 0.3 is 0 Å². The molecule has 3 aliphatic rings. The number of hydrogen-bond donors (Lipinski definition) is 3. The van der Waals surface area contributed by atoms with Gasteiger partial charge in [-0.05, 0) is 31.6 Å². The van der Waals surface area contributed by atoms with E-state index in [-0.39, 0.29) is 36.1 Å². The van der Waals surface area contributed by atoms with Crippen LogP contribution in [-0.2, 0) is 14.3 Å². The molecule has 6 nitrogen and oxygen atoms in total. The fourth-order valence-electron chi connectivity index (χ4n) is 4.64. The molecule has 2 aliphatic heterocycles. The van der Waals surface area contributed by atoms with Crippen molar-refractivity contribution < 1.29 is 19.4 Å². The van der Waals surface area contributed by atoms with Crippen LogP contribution >= 0.6 is 0 Å². The first-order valence-corrected chi connectivity index (χ1v) is 9.70. The van der Waals surface area contributed by atoms with Gasteiger partial charge in [0.25, 0.3) is 0 Å². The normalized spacial score (nSPS) is 36.3. The highest BCUT2D eigenvalue weighted by Crippen LogP contribution is 2.38. The van der Waals surface area contributed by atoms with Crippen molar-refractivity contribution in [2.45, 2.75) is 70.4 Å². The predicted octanol–water partition coefficient (Wildman–Crippen LogP) is 1.37. The molecule has 3 N–H and O–H groups in total. The van der Waals surface area contributed by atoms with Crippen molar-refractivity contribution in [3.05, 3.63) is 0 Å². The fraction of sp³-hybridized carbons (Fsp3) is 0.895. The van der Waals surface area contributed by atoms with Crippen LogP contribution in [0.15, 0.2) is 0 Å². The molecule has 4 atom stereocenters. The standard InChI is InChI=1S/C19H32N2O4/c1-18(2,19(24)8-5-9-25-12-19)11-20-17(23)14-10-16(22)21-15-7-4-3-6-13(14)15/h13-15,24H,3-12H2,1-2H3,(H,20,23)(H,21,22). The lowest BCUT2D eigenvalue weighted by Crippen LogP contribution is -2.58. The van der Waals surface area contributed by atoms with E-state index in [1.54, 1.807) is 0 Å². The van der Waals surface area contributed by atoms with Crippen molar-refractivity contribution in [2.24, 2.45) is 17.3 Å². The molecule has 6 heteroatoms. The molecule has 0 radical (unpaired) electrons. The zero-order valence-corrected chi connectivity index (χ0v) is 15.5. The summed E-state index contributed by atoms with van der Waals surface area (Å²) < 4.78 is 5.46. The first kappa shape index (κ1) is 18.6. The molecule has 1 saturated carbocycles. The maximum absolute atomic E-state index is 12.8. The molecular weight excluding hydrogens is 320 g/mol. The van der Waals surface area contributed by atoms with Gasteiger partial charge in [-0.2, -0.15) is 0 Å². The lowest BCUT2D eigenvalue weighted by molar-refractivity contribution is -0.153. The first-order chi connectivity index (χ1) is 11.8. The molecule has 2 heterocycles. The molecule has 0 spiro atoms. The first-order valence-electron chi connectivity index (χ1n) is 9.70. The zero-order chi connectivity index (χ0) is 18.1. The molecule has 4 unspecified atom stereocenters. The molecule has 2 amide bonds. The molecule has 3 rings (SSSR count). The number of nitrogens with one attached hydrogen (secondary N) is 2. The van der Waals surface area contributed by atoms with Gasteiger partial charge in [0.2, 0.25) is 11.8 Å². The Morgan fingerprint density at radius 1 is 1.36 bits per heavy atom. The molecule has 1 aliphatic carbocycles. The van der Waals surface area contributed by atoms with Crippen LogP contribution in [0.25, 0.3) is 0 Å². The largest absolute Gasteiger partial charge is 0.387 e. The Bertz CT molecular complexity index is 514. The van der Waals surface area contributed by atoms with Crippen LogP contribution in [0.2, 0.25) is 0 Å². The summed E-state index contributed by atoms with van der Waals surface area (Å²) in [7, 11) is 0. The van der Waals surface area contributed by atoms with Crippen LogP contribution < -0.4 is 10.6 Å². The third-order valence-electron chi connectivity index (χ3n) is 6.61. The third-order valence-corrected chi connectivity index (χ3v) is 6.61. The summed E-state index contributed by atoms with van der Waals surface area (Å²) in [5.41, 5.74) is -1.40. The van der Waals surface area contributed by atoms with Gasteiger partial charge < -0.3 is 20.5 Å². The Balaban J connectivity index is 1.61. The second kappa shape index (κ2) is 7.23. The fourth-order valence-corrected chi connectivity index (χ4v) is 4.64. The van der Waals surface area contributed by atoms with Crippen molar-refractivity contribution in [1.82, 2.24) is 10.6 Å². The number of amides is 2. The van der Waals surface area contributed by atoms with E-state index in [9.17, 15) is 14.7 Å². The Morgan fingerprint density at radius 2 is 2.12 bits per heavy atom. The number of piperidine rings is 1. The van der Waals surface area contributed by atoms with Crippen LogP contribution in [0, 0.1) is 17.3 Å². The van der Waals surface area contributed by atoms with Gasteiger partial charge in [0, 0.05) is 31.0 Å². The maximum Gasteiger partial charge on any atom is 0.224 e. The number of ether oxygens (including phenoxy) is 1. The van der Waals surface area contributed by atoms with Crippen LogP contribution in [0.1, 0.15) is 58.8 Å². The Hall–Kier alpha value is -1.14. The summed E-state index contributed by atoms with van der Waals surface area (Å²) in [6.07, 6.45) is 6.03. The number of rotatable bonds is 4. The van der Waals surface area contributed by atoms with Crippen LogP contribution in [-0.4, -0.2) is 48.3 Å². The summed E-state index contributed by atoms with van der Waals surface area (Å²) in [6.45, 7) is 5.33. The molecule has 2 saturated heterocycles. The third kappa shape index (κ3) is 3.85. The number of carbonyl (C=O) groups is 2. The number of carbonyl (C=O) groups excluding carboxylic acids is 2. The quantitative estimate of drug-likeness (QED) is 0.713. The SMILES string of the molecule is CC(C)(CNC(=O)C1CC(=O)NC2CCCCC21)C1(O)CCCOC1. The molecule has 3 fully saturated rings. The molecule has 142 valence electrons. The zero-order valence-electron chi connectivity index (χ0n) is 15.5. The van der Waals surface area contributed by atoms with Gasteiger partial charge in [-0.25, -0.2) is 0 Å². The number of aliphatic hydroxyl groups is 1. The van der Waals surface area contributed by atoms with E-state index in [1.807, 2.05) is 13.8 Å². The van der Waals surface area contributed by atoms with E-state index in [2.05, 4.69) is 10.6 Å². The summed E-state index contributed by atoms with van der Waals surface area (Å²) in [6, 6.07) is 0.148. The van der Waals surface area contributed by atoms with Gasteiger partial charge in [-0.3, -0.25) is 9.59 Å². The van der Waals surface area contributed by atoms with Gasteiger partial charge in [0.05, 0.1) is 18.1 Å². The monoisotopic (exact) mass is 352 g/mol. The average molecular weight is 352 g/mol. The van der Waals surface area contributed by atoms with E-state index in [4.69, 9.17) is 4.74 Å². The molecule has 0 aromatic heterocycles. The Labute approximate surface area is 150 Å². The maximum atomic E-state index is 12.8. The highest BCUT2D eigenvalue weighted by Gasteiger charge is 2.46. The molecule has 0 bridgehead atoms. The minimum Gasteiger partial charge on any atom is -0.387 e. The van der Waals surface area contributed by atoms with Crippen molar-refractivity contribution in [3.63, 3.8) is 0 Å². The van der Waals surface area contributed by atoms with Crippen molar-refractivity contribution in [2.75, 3.05) is 19.8 Å². The van der Waals surface area contributed by atoms with Crippen molar-refractivity contribution in [3.8, 4) is 0 Å². The minimum atomic E-state index is -0.921.